The Balaban J connectivity index is 1.18. The fourth-order valence-electron chi connectivity index (χ4n) is 5.69. The molecule has 2 aromatic carbocycles. The molecule has 0 aliphatic carbocycles. The minimum Gasteiger partial charge on any atom is -0.379 e. The maximum atomic E-state index is 13.8. The van der Waals surface area contributed by atoms with Crippen LogP contribution in [0.5, 0.6) is 0 Å². The number of piperidine rings is 1. The number of hydrogen-bond acceptors (Lipinski definition) is 6. The molecule has 2 aliphatic rings. The van der Waals surface area contributed by atoms with E-state index in [1.54, 1.807) is 29.8 Å². The second-order valence-corrected chi connectivity index (χ2v) is 10.9. The van der Waals surface area contributed by atoms with Crippen molar-refractivity contribution in [1.82, 2.24) is 19.5 Å². The van der Waals surface area contributed by atoms with Crippen LogP contribution in [0.3, 0.4) is 0 Å². The Bertz CT molecular complexity index is 1750. The molecule has 8 nitrogen and oxygen atoms in total. The number of halogens is 4. The second-order valence-electron chi connectivity index (χ2n) is 10.9. The number of alkyl halides is 3. The number of rotatable bonds is 4. The number of hydrogen-bond donors (Lipinski definition) is 1. The van der Waals surface area contributed by atoms with E-state index in [9.17, 15) is 22.4 Å². The summed E-state index contributed by atoms with van der Waals surface area (Å²) >= 11 is 0. The van der Waals surface area contributed by atoms with Gasteiger partial charge in [0.15, 0.2) is 5.65 Å². The van der Waals surface area contributed by atoms with Gasteiger partial charge in [-0.3, -0.25) is 9.69 Å². The third-order valence-electron chi connectivity index (χ3n) is 8.09. The zero-order chi connectivity index (χ0) is 30.8. The van der Waals surface area contributed by atoms with E-state index in [1.165, 1.54) is 6.07 Å². The predicted octanol–water partition coefficient (Wildman–Crippen LogP) is 5.15. The van der Waals surface area contributed by atoms with Crippen molar-refractivity contribution < 1.29 is 27.1 Å². The third kappa shape index (κ3) is 6.39. The summed E-state index contributed by atoms with van der Waals surface area (Å²) < 4.78 is 60.3. The van der Waals surface area contributed by atoms with Crippen LogP contribution < -0.4 is 10.2 Å². The maximum Gasteiger partial charge on any atom is 0.416 e. The monoisotopic (exact) mass is 606 g/mol. The highest BCUT2D eigenvalue weighted by atomic mass is 19.4. The smallest absolute Gasteiger partial charge is 0.379 e. The fourth-order valence-corrected chi connectivity index (χ4v) is 5.69. The van der Waals surface area contributed by atoms with Gasteiger partial charge in [0.25, 0.3) is 5.91 Å². The molecule has 0 spiro atoms. The number of carbonyl (C=O) groups is 1. The summed E-state index contributed by atoms with van der Waals surface area (Å²) in [6.45, 7) is 7.04. The lowest BCUT2D eigenvalue weighted by molar-refractivity contribution is -0.137. The Morgan fingerprint density at radius 2 is 1.80 bits per heavy atom. The molecule has 44 heavy (non-hydrogen) atoms. The van der Waals surface area contributed by atoms with Crippen LogP contribution in [0.25, 0.3) is 5.65 Å². The molecule has 12 heteroatoms. The van der Waals surface area contributed by atoms with Crippen molar-refractivity contribution in [3.8, 4) is 11.8 Å². The Morgan fingerprint density at radius 3 is 2.55 bits per heavy atom. The molecule has 2 aromatic heterocycles. The summed E-state index contributed by atoms with van der Waals surface area (Å²) in [6.07, 6.45) is -0.997. The minimum absolute atomic E-state index is 0.202. The van der Waals surface area contributed by atoms with Crippen molar-refractivity contribution in [2.75, 3.05) is 49.6 Å². The zero-order valence-electron chi connectivity index (χ0n) is 24.0. The number of nitrogens with one attached hydrogen (secondary N) is 1. The number of amides is 1. The number of fused-ring (bicyclic) bond motifs is 1. The normalized spacial score (nSPS) is 16.5. The van der Waals surface area contributed by atoms with Gasteiger partial charge < -0.3 is 15.0 Å². The number of imidazole rings is 1. The van der Waals surface area contributed by atoms with Crippen molar-refractivity contribution in [2.45, 2.75) is 32.0 Å². The van der Waals surface area contributed by atoms with Gasteiger partial charge in [0, 0.05) is 49.0 Å². The molecule has 0 bridgehead atoms. The quantitative estimate of drug-likeness (QED) is 0.256. The number of morpholine rings is 1. The molecule has 4 heterocycles. The summed E-state index contributed by atoms with van der Waals surface area (Å²) in [5.74, 6) is 5.24. The number of benzene rings is 2. The Morgan fingerprint density at radius 1 is 1.02 bits per heavy atom. The molecule has 2 fully saturated rings. The lowest BCUT2D eigenvalue weighted by Gasteiger charge is -2.40. The highest BCUT2D eigenvalue weighted by Crippen LogP contribution is 2.32. The van der Waals surface area contributed by atoms with Gasteiger partial charge in [-0.2, -0.15) is 13.2 Å². The fraction of sp³-hybridized carbons (Fsp3) is 0.344. The van der Waals surface area contributed by atoms with E-state index in [0.717, 1.165) is 64.1 Å². The van der Waals surface area contributed by atoms with Crippen molar-refractivity contribution in [2.24, 2.45) is 0 Å². The molecule has 4 aromatic rings. The van der Waals surface area contributed by atoms with E-state index in [0.29, 0.717) is 40.6 Å². The standard InChI is InChI=1S/C32H30F4N6O2/c1-21-22(3-2-4-28(21)31(43)38-25-18-23(32(34,35)36)17-24(33)19-25)5-6-27-20-37-29-7-8-30(39-42(27)29)41-11-9-26(10-12-41)40-13-15-44-16-14-40/h2-4,7-8,17-20,26H,9-16H2,1H3,(H,38,43). The van der Waals surface area contributed by atoms with Gasteiger partial charge in [-0.1, -0.05) is 12.0 Å². The van der Waals surface area contributed by atoms with Crippen LogP contribution in [-0.2, 0) is 10.9 Å². The van der Waals surface area contributed by atoms with Gasteiger partial charge in [-0.15, -0.1) is 5.10 Å². The summed E-state index contributed by atoms with van der Waals surface area (Å²) in [7, 11) is 0. The highest BCUT2D eigenvalue weighted by Gasteiger charge is 2.32. The Labute approximate surface area is 251 Å². The molecule has 0 radical (unpaired) electrons. The predicted molar refractivity (Wildman–Crippen MR) is 157 cm³/mol. The van der Waals surface area contributed by atoms with Crippen molar-refractivity contribution in [3.05, 3.63) is 88.5 Å². The van der Waals surface area contributed by atoms with Crippen LogP contribution in [0.15, 0.2) is 54.7 Å². The van der Waals surface area contributed by atoms with Crippen LogP contribution in [0.2, 0.25) is 0 Å². The first kappa shape index (κ1) is 29.6. The van der Waals surface area contributed by atoms with Gasteiger partial charge in [0.1, 0.15) is 17.3 Å². The third-order valence-corrected chi connectivity index (χ3v) is 8.09. The molecule has 0 unspecified atom stereocenters. The SMILES string of the molecule is Cc1c(C#Cc2cnc3ccc(N4CCC(N5CCOCC5)CC4)nn23)cccc1C(=O)Nc1cc(F)cc(C(F)(F)F)c1. The molecule has 0 saturated carbocycles. The molecule has 6 rings (SSSR count). The van der Waals surface area contributed by atoms with Crippen LogP contribution in [0.1, 0.15) is 45.6 Å². The van der Waals surface area contributed by atoms with Gasteiger partial charge in [0.05, 0.1) is 25.0 Å². The van der Waals surface area contributed by atoms with Gasteiger partial charge in [-0.05, 0) is 73.7 Å². The summed E-state index contributed by atoms with van der Waals surface area (Å²) in [4.78, 5) is 22.2. The van der Waals surface area contributed by atoms with Crippen molar-refractivity contribution in [1.29, 1.82) is 0 Å². The van der Waals surface area contributed by atoms with E-state index >= 15 is 0 Å². The minimum atomic E-state index is -4.75. The first-order valence-corrected chi connectivity index (χ1v) is 14.4. The molecular formula is C32H30F4N6O2. The molecule has 1 N–H and O–H groups in total. The number of aromatic nitrogens is 3. The summed E-state index contributed by atoms with van der Waals surface area (Å²) in [5, 5.41) is 7.19. The van der Waals surface area contributed by atoms with Crippen LogP contribution in [0, 0.1) is 24.6 Å². The van der Waals surface area contributed by atoms with Gasteiger partial charge in [-0.25, -0.2) is 13.9 Å². The summed E-state index contributed by atoms with van der Waals surface area (Å²) in [5.41, 5.74) is 1.01. The maximum absolute atomic E-state index is 13.8. The first-order valence-electron chi connectivity index (χ1n) is 14.4. The van der Waals surface area contributed by atoms with Crippen LogP contribution in [-0.4, -0.2) is 70.8 Å². The van der Waals surface area contributed by atoms with Crippen LogP contribution in [0.4, 0.5) is 29.1 Å². The molecule has 2 aliphatic heterocycles. The van der Waals surface area contributed by atoms with Crippen molar-refractivity contribution in [3.63, 3.8) is 0 Å². The van der Waals surface area contributed by atoms with Crippen molar-refractivity contribution >= 4 is 23.1 Å². The molecule has 1 amide bonds. The highest BCUT2D eigenvalue weighted by molar-refractivity contribution is 6.05. The molecule has 2 saturated heterocycles. The van der Waals surface area contributed by atoms with E-state index in [4.69, 9.17) is 9.84 Å². The molecule has 228 valence electrons. The van der Waals surface area contributed by atoms with E-state index in [-0.39, 0.29) is 11.3 Å². The average Bonchev–Trinajstić information content (AvgIpc) is 3.42. The van der Waals surface area contributed by atoms with Gasteiger partial charge >= 0.3 is 6.18 Å². The molecular weight excluding hydrogens is 576 g/mol. The summed E-state index contributed by atoms with van der Waals surface area (Å²) in [6, 6.07) is 11.2. The number of ether oxygens (including phenoxy) is 1. The van der Waals surface area contributed by atoms with E-state index in [1.807, 2.05) is 12.1 Å². The number of nitrogens with zero attached hydrogens (tertiary/aromatic N) is 5. The van der Waals surface area contributed by atoms with Crippen LogP contribution >= 0.6 is 0 Å². The number of carbonyl (C=O) groups excluding carboxylic acids is 1. The lowest BCUT2D eigenvalue weighted by Crippen LogP contribution is -2.49. The number of anilines is 2. The largest absolute Gasteiger partial charge is 0.416 e. The van der Waals surface area contributed by atoms with Gasteiger partial charge in [0.2, 0.25) is 0 Å². The second kappa shape index (κ2) is 12.3. The topological polar surface area (TPSA) is 75.0 Å². The first-order chi connectivity index (χ1) is 21.2. The average molecular weight is 607 g/mol. The zero-order valence-corrected chi connectivity index (χ0v) is 24.0. The molecule has 0 atom stereocenters. The lowest BCUT2D eigenvalue weighted by atomic mass is 10.0. The van der Waals surface area contributed by atoms with E-state index < -0.39 is 23.5 Å². The Kier molecular flexibility index (Phi) is 8.25. The Hall–Kier alpha value is -4.47. The van der Waals surface area contributed by atoms with E-state index in [2.05, 4.69) is 31.9 Å².